The van der Waals surface area contributed by atoms with Crippen molar-refractivity contribution in [3.05, 3.63) is 46.2 Å². The third kappa shape index (κ3) is 3.54. The first kappa shape index (κ1) is 14.5. The normalized spacial score (nSPS) is 10.7. The molecule has 0 aliphatic heterocycles. The van der Waals surface area contributed by atoms with Gasteiger partial charge in [-0.25, -0.2) is 0 Å². The second kappa shape index (κ2) is 6.01. The summed E-state index contributed by atoms with van der Waals surface area (Å²) >= 11 is 4.57. The molecule has 3 N–H and O–H groups in total. The lowest BCUT2D eigenvalue weighted by atomic mass is 10.1. The van der Waals surface area contributed by atoms with Crippen molar-refractivity contribution in [2.45, 2.75) is 0 Å². The van der Waals surface area contributed by atoms with Crippen LogP contribution in [0.3, 0.4) is 0 Å². The zero-order valence-electron chi connectivity index (χ0n) is 10.5. The van der Waals surface area contributed by atoms with E-state index in [-0.39, 0.29) is 27.9 Å². The highest BCUT2D eigenvalue weighted by Gasteiger charge is 2.11. The molecule has 8 nitrogen and oxygen atoms in total. The van der Waals surface area contributed by atoms with Crippen LogP contribution in [0.1, 0.15) is 5.76 Å². The lowest BCUT2D eigenvalue weighted by Gasteiger charge is -2.10. The van der Waals surface area contributed by atoms with Crippen molar-refractivity contribution in [2.24, 2.45) is 10.8 Å². The Morgan fingerprint density at radius 1 is 1.43 bits per heavy atom. The lowest BCUT2D eigenvalue weighted by Crippen LogP contribution is -2.23. The summed E-state index contributed by atoms with van der Waals surface area (Å²) < 4.78 is 5.37. The molecule has 0 fully saturated rings. The van der Waals surface area contributed by atoms with E-state index in [1.54, 1.807) is 6.07 Å². The van der Waals surface area contributed by atoms with Crippen LogP contribution in [0.5, 0.6) is 5.75 Å². The molecule has 0 saturated heterocycles. The Kier molecular flexibility index (Phi) is 4.14. The first-order chi connectivity index (χ1) is 9.97. The number of furan rings is 1. The lowest BCUT2D eigenvalue weighted by molar-refractivity contribution is -0.385. The quantitative estimate of drug-likeness (QED) is 0.374. The van der Waals surface area contributed by atoms with Gasteiger partial charge in [0.05, 0.1) is 11.1 Å². The van der Waals surface area contributed by atoms with E-state index in [1.807, 2.05) is 0 Å². The van der Waals surface area contributed by atoms with Crippen molar-refractivity contribution in [2.75, 3.05) is 0 Å². The average Bonchev–Trinajstić information content (AvgIpc) is 2.87. The second-order valence-electron chi connectivity index (χ2n) is 3.87. The third-order valence-corrected chi connectivity index (χ3v) is 2.52. The average molecular weight is 305 g/mol. The summed E-state index contributed by atoms with van der Waals surface area (Å²) in [5.74, 6) is 0.167. The van der Waals surface area contributed by atoms with Crippen LogP contribution in [0.15, 0.2) is 39.9 Å². The smallest absolute Gasteiger partial charge is 0.270 e. The number of nitrogens with two attached hydrogens (primary N) is 1. The summed E-state index contributed by atoms with van der Waals surface area (Å²) in [4.78, 5) is 10.1. The van der Waals surface area contributed by atoms with Gasteiger partial charge in [0.25, 0.3) is 5.69 Å². The predicted octanol–water partition coefficient (Wildman–Crippen LogP) is 1.10. The molecule has 0 aliphatic rings. The number of nitrogens with one attached hydrogen (secondary N) is 1. The molecule has 0 aliphatic carbocycles. The molecule has 2 aromatic rings. The van der Waals surface area contributed by atoms with Crippen LogP contribution < -0.4 is 16.3 Å². The molecule has 1 aromatic carbocycles. The fourth-order valence-electron chi connectivity index (χ4n) is 1.55. The van der Waals surface area contributed by atoms with Gasteiger partial charge >= 0.3 is 0 Å². The van der Waals surface area contributed by atoms with Crippen LogP contribution in [0.25, 0.3) is 11.3 Å². The van der Waals surface area contributed by atoms with Gasteiger partial charge in [0.1, 0.15) is 11.5 Å². The van der Waals surface area contributed by atoms with Crippen molar-refractivity contribution in [1.82, 2.24) is 5.43 Å². The van der Waals surface area contributed by atoms with Gasteiger partial charge in [0, 0.05) is 17.7 Å². The highest BCUT2D eigenvalue weighted by Crippen LogP contribution is 2.31. The van der Waals surface area contributed by atoms with E-state index < -0.39 is 4.92 Å². The number of hydrazone groups is 1. The summed E-state index contributed by atoms with van der Waals surface area (Å²) in [5.41, 5.74) is 7.45. The SMILES string of the molecule is NC(=S)NN=Cc1ccc(-c2cc([N+](=O)[O-])ccc2[O-])o1. The van der Waals surface area contributed by atoms with Crippen molar-refractivity contribution < 1.29 is 14.4 Å². The van der Waals surface area contributed by atoms with Crippen molar-refractivity contribution in [3.8, 4) is 17.1 Å². The fraction of sp³-hybridized carbons (Fsp3) is 0. The molecule has 0 radical (unpaired) electrons. The van der Waals surface area contributed by atoms with Gasteiger partial charge in [-0.05, 0) is 24.4 Å². The molecule has 0 saturated carbocycles. The number of thiocarbonyl (C=S) groups is 1. The molecule has 0 amide bonds. The summed E-state index contributed by atoms with van der Waals surface area (Å²) in [7, 11) is 0. The maximum atomic E-state index is 11.7. The molecular formula is C12H9N4O4S-. The number of nitro groups is 1. The highest BCUT2D eigenvalue weighted by molar-refractivity contribution is 7.80. The fourth-order valence-corrected chi connectivity index (χ4v) is 1.60. The minimum atomic E-state index is -0.583. The second-order valence-corrected chi connectivity index (χ2v) is 4.31. The zero-order valence-corrected chi connectivity index (χ0v) is 11.3. The minimum Gasteiger partial charge on any atom is -0.872 e. The van der Waals surface area contributed by atoms with Crippen LogP contribution in [0.4, 0.5) is 5.69 Å². The van der Waals surface area contributed by atoms with Gasteiger partial charge in [-0.2, -0.15) is 5.10 Å². The number of hydrogen-bond acceptors (Lipinski definition) is 6. The summed E-state index contributed by atoms with van der Waals surface area (Å²) in [6, 6.07) is 6.50. The number of rotatable bonds is 4. The Morgan fingerprint density at radius 2 is 2.19 bits per heavy atom. The monoisotopic (exact) mass is 305 g/mol. The molecule has 0 atom stereocenters. The van der Waals surface area contributed by atoms with Crippen LogP contribution in [0, 0.1) is 10.1 Å². The maximum Gasteiger partial charge on any atom is 0.270 e. The van der Waals surface area contributed by atoms with Gasteiger partial charge in [-0.15, -0.1) is 0 Å². The molecule has 2 rings (SSSR count). The van der Waals surface area contributed by atoms with Crippen molar-refractivity contribution >= 4 is 29.2 Å². The van der Waals surface area contributed by atoms with Crippen LogP contribution in [-0.4, -0.2) is 16.3 Å². The topological polar surface area (TPSA) is 130 Å². The number of hydrogen-bond donors (Lipinski definition) is 2. The van der Waals surface area contributed by atoms with Crippen LogP contribution >= 0.6 is 12.2 Å². The molecule has 9 heteroatoms. The van der Waals surface area contributed by atoms with Crippen LogP contribution in [0.2, 0.25) is 0 Å². The Hall–Kier alpha value is -2.94. The number of benzene rings is 1. The third-order valence-electron chi connectivity index (χ3n) is 2.43. The molecule has 0 bridgehead atoms. The molecule has 0 spiro atoms. The Bertz CT molecular complexity index is 726. The molecule has 21 heavy (non-hydrogen) atoms. The number of nitro benzene ring substituents is 1. The van der Waals surface area contributed by atoms with Gasteiger partial charge in [-0.1, -0.05) is 11.8 Å². The predicted molar refractivity (Wildman–Crippen MR) is 77.8 cm³/mol. The standard InChI is InChI=1S/C12H10N4O4S/c13-12(21)15-14-6-8-2-4-11(20-8)9-5-7(16(18)19)1-3-10(9)17/h1-6,17H,(H3,13,15,21)/p-1. The van der Waals surface area contributed by atoms with Gasteiger partial charge in [0.2, 0.25) is 0 Å². The summed E-state index contributed by atoms with van der Waals surface area (Å²) in [6.07, 6.45) is 1.31. The van der Waals surface area contributed by atoms with Gasteiger partial charge in [0.15, 0.2) is 5.11 Å². The largest absolute Gasteiger partial charge is 0.872 e. The molecule has 108 valence electrons. The maximum absolute atomic E-state index is 11.7. The van der Waals surface area contributed by atoms with E-state index in [1.165, 1.54) is 12.3 Å². The highest BCUT2D eigenvalue weighted by atomic mass is 32.1. The minimum absolute atomic E-state index is 0.00133. The Morgan fingerprint density at radius 3 is 2.86 bits per heavy atom. The summed E-state index contributed by atoms with van der Waals surface area (Å²) in [6.45, 7) is 0. The van der Waals surface area contributed by atoms with Gasteiger partial charge in [-0.3, -0.25) is 15.5 Å². The molecule has 1 aromatic heterocycles. The molecule has 1 heterocycles. The van der Waals surface area contributed by atoms with E-state index in [9.17, 15) is 15.2 Å². The summed E-state index contributed by atoms with van der Waals surface area (Å²) in [5, 5.41) is 26.2. The van der Waals surface area contributed by atoms with E-state index in [4.69, 9.17) is 10.2 Å². The van der Waals surface area contributed by atoms with E-state index in [0.29, 0.717) is 5.76 Å². The van der Waals surface area contributed by atoms with E-state index in [2.05, 4.69) is 22.7 Å². The zero-order chi connectivity index (χ0) is 15.4. The Labute approximate surface area is 124 Å². The van der Waals surface area contributed by atoms with E-state index >= 15 is 0 Å². The molecule has 0 unspecified atom stereocenters. The van der Waals surface area contributed by atoms with Crippen molar-refractivity contribution in [1.29, 1.82) is 0 Å². The molecular weight excluding hydrogens is 296 g/mol. The first-order valence-corrected chi connectivity index (χ1v) is 6.02. The van der Waals surface area contributed by atoms with Crippen LogP contribution in [-0.2, 0) is 0 Å². The Balaban J connectivity index is 2.29. The first-order valence-electron chi connectivity index (χ1n) is 5.61. The van der Waals surface area contributed by atoms with Crippen molar-refractivity contribution in [3.63, 3.8) is 0 Å². The van der Waals surface area contributed by atoms with E-state index in [0.717, 1.165) is 18.2 Å². The van der Waals surface area contributed by atoms with Gasteiger partial charge < -0.3 is 15.3 Å². The number of non-ortho nitro benzene ring substituents is 1. The number of nitrogens with zero attached hydrogens (tertiary/aromatic N) is 2.